The van der Waals surface area contributed by atoms with E-state index in [2.05, 4.69) is 34.6 Å². The molecule has 2 nitrogen and oxygen atoms in total. The quantitative estimate of drug-likeness (QED) is 0.162. The number of hydrogen-bond acceptors (Lipinski definition) is 2. The van der Waals surface area contributed by atoms with Crippen molar-refractivity contribution in [2.75, 3.05) is 6.61 Å². The Morgan fingerprint density at radius 2 is 1.29 bits per heavy atom. The van der Waals surface area contributed by atoms with Crippen molar-refractivity contribution in [2.24, 2.45) is 0 Å². The molecule has 0 aliphatic carbocycles. The number of hydrogen-bond donors (Lipinski definition) is 0. The van der Waals surface area contributed by atoms with Crippen molar-refractivity contribution in [3.8, 4) is 0 Å². The molecule has 0 bridgehead atoms. The molecule has 24 heavy (non-hydrogen) atoms. The molecule has 0 saturated heterocycles. The first kappa shape index (κ1) is 24.0. The summed E-state index contributed by atoms with van der Waals surface area (Å²) in [6.45, 7) is 13.7. The summed E-state index contributed by atoms with van der Waals surface area (Å²) >= 11 is -2.22. The molecule has 142 valence electrons. The molecule has 0 amide bonds. The predicted molar refractivity (Wildman–Crippen MR) is 109 cm³/mol. The van der Waals surface area contributed by atoms with Crippen LogP contribution in [0, 0.1) is 0 Å². The summed E-state index contributed by atoms with van der Waals surface area (Å²) in [4.78, 5) is 12.1. The molecule has 0 unspecified atom stereocenters. The Labute approximate surface area is 155 Å². The van der Waals surface area contributed by atoms with Gasteiger partial charge in [-0.05, 0) is 0 Å². The van der Waals surface area contributed by atoms with Gasteiger partial charge in [0.25, 0.3) is 0 Å². The average Bonchev–Trinajstić information content (AvgIpc) is 2.55. The van der Waals surface area contributed by atoms with E-state index in [4.69, 9.17) is 4.74 Å². The zero-order chi connectivity index (χ0) is 18.4. The van der Waals surface area contributed by atoms with Crippen molar-refractivity contribution in [1.29, 1.82) is 0 Å². The van der Waals surface area contributed by atoms with Crippen molar-refractivity contribution in [2.45, 2.75) is 104 Å². The molecule has 0 heterocycles. The molecule has 0 aromatic carbocycles. The second kappa shape index (κ2) is 14.2. The van der Waals surface area contributed by atoms with E-state index in [0.717, 1.165) is 0 Å². The van der Waals surface area contributed by atoms with Crippen LogP contribution in [0.15, 0.2) is 11.1 Å². The molecule has 0 aromatic rings. The first-order valence-corrected chi connectivity index (χ1v) is 18.3. The number of ether oxygens (including phenoxy) is 1. The van der Waals surface area contributed by atoms with Crippen molar-refractivity contribution in [3.63, 3.8) is 0 Å². The van der Waals surface area contributed by atoms with E-state index in [1.165, 1.54) is 67.4 Å². The van der Waals surface area contributed by atoms with Gasteiger partial charge < -0.3 is 0 Å². The van der Waals surface area contributed by atoms with Gasteiger partial charge in [-0.3, -0.25) is 0 Å². The molecule has 0 rings (SSSR count). The maximum absolute atomic E-state index is 12.1. The summed E-state index contributed by atoms with van der Waals surface area (Å²) in [5.74, 6) is -0.0321. The summed E-state index contributed by atoms with van der Waals surface area (Å²) in [5, 5.41) is 0. The minimum atomic E-state index is -2.22. The van der Waals surface area contributed by atoms with Gasteiger partial charge in [0.1, 0.15) is 0 Å². The topological polar surface area (TPSA) is 26.3 Å². The van der Waals surface area contributed by atoms with E-state index in [-0.39, 0.29) is 5.97 Å². The molecule has 0 N–H and O–H groups in total. The van der Waals surface area contributed by atoms with Crippen LogP contribution in [-0.2, 0) is 9.53 Å². The van der Waals surface area contributed by atoms with Crippen molar-refractivity contribution in [1.82, 2.24) is 0 Å². The molecule has 0 aliphatic rings. The molecular weight excluding hydrogens is 403 g/mol. The van der Waals surface area contributed by atoms with Crippen LogP contribution in [0.1, 0.15) is 86.5 Å². The van der Waals surface area contributed by atoms with Crippen LogP contribution in [0.5, 0.6) is 0 Å². The zero-order valence-corrected chi connectivity index (χ0v) is 20.2. The zero-order valence-electron chi connectivity index (χ0n) is 17.3. The second-order valence-electron chi connectivity index (χ2n) is 7.57. The van der Waals surface area contributed by atoms with E-state index >= 15 is 0 Å². The van der Waals surface area contributed by atoms with Gasteiger partial charge in [-0.2, -0.15) is 0 Å². The predicted octanol–water partition coefficient (Wildman–Crippen LogP) is 7.13. The van der Waals surface area contributed by atoms with Crippen LogP contribution in [0.3, 0.4) is 0 Å². The minimum absolute atomic E-state index is 0.0321. The second-order valence-corrected chi connectivity index (χ2v) is 21.4. The van der Waals surface area contributed by atoms with Crippen LogP contribution in [0.25, 0.3) is 0 Å². The molecule has 3 heteroatoms. The summed E-state index contributed by atoms with van der Waals surface area (Å²) < 4.78 is 11.0. The van der Waals surface area contributed by atoms with Crippen LogP contribution >= 0.6 is 0 Å². The fourth-order valence-corrected chi connectivity index (χ4v) is 20.6. The third-order valence-electron chi connectivity index (χ3n) is 5.14. The van der Waals surface area contributed by atoms with Crippen molar-refractivity contribution >= 4 is 24.3 Å². The summed E-state index contributed by atoms with van der Waals surface area (Å²) in [6.07, 6.45) is 8.60. The van der Waals surface area contributed by atoms with Crippen molar-refractivity contribution < 1.29 is 9.53 Å². The summed E-state index contributed by atoms with van der Waals surface area (Å²) in [7, 11) is 0. The van der Waals surface area contributed by atoms with Gasteiger partial charge in [-0.1, -0.05) is 0 Å². The Bertz CT molecular complexity index is 348. The Morgan fingerprint density at radius 3 is 1.62 bits per heavy atom. The van der Waals surface area contributed by atoms with Crippen LogP contribution in [-0.4, -0.2) is 31.0 Å². The number of carbonyl (C=O) groups is 1. The molecule has 0 aromatic heterocycles. The standard InChI is InChI=1S/C9H15O2.3C4H9.Sn/c1-5-11-9(10)6-8(4)7(2)3;3*1-3-4-2;/h4-6H2,1-3H3;3*1,3-4H2,2H3;. The van der Waals surface area contributed by atoms with Crippen LogP contribution < -0.4 is 0 Å². The normalized spacial score (nSPS) is 11.4. The molecule has 0 aliphatic heterocycles. The van der Waals surface area contributed by atoms with Crippen molar-refractivity contribution in [3.05, 3.63) is 11.1 Å². The van der Waals surface area contributed by atoms with Crippen LogP contribution in [0.4, 0.5) is 0 Å². The Balaban J connectivity index is 5.31. The molecule has 0 spiro atoms. The van der Waals surface area contributed by atoms with Gasteiger partial charge in [0.15, 0.2) is 0 Å². The summed E-state index contributed by atoms with van der Waals surface area (Å²) in [5.41, 5.74) is 2.76. The number of esters is 1. The van der Waals surface area contributed by atoms with Gasteiger partial charge in [0, 0.05) is 0 Å². The van der Waals surface area contributed by atoms with Gasteiger partial charge >= 0.3 is 156 Å². The molecule has 0 radical (unpaired) electrons. The van der Waals surface area contributed by atoms with Gasteiger partial charge in [-0.15, -0.1) is 0 Å². The number of allylic oxidation sites excluding steroid dienone is 1. The average molecular weight is 445 g/mol. The Hall–Kier alpha value is 0.00870. The van der Waals surface area contributed by atoms with Gasteiger partial charge in [0.2, 0.25) is 0 Å². The fourth-order valence-electron chi connectivity index (χ4n) is 3.55. The van der Waals surface area contributed by atoms with Gasteiger partial charge in [0.05, 0.1) is 0 Å². The Kier molecular flexibility index (Phi) is 14.2. The third-order valence-corrected chi connectivity index (χ3v) is 20.6. The molecule has 0 fully saturated rings. The maximum atomic E-state index is 12.1. The van der Waals surface area contributed by atoms with E-state index in [9.17, 15) is 4.79 Å². The third kappa shape index (κ3) is 10.1. The first-order valence-electron chi connectivity index (χ1n) is 10.3. The number of carbonyl (C=O) groups excluding carboxylic acids is 1. The SMILES string of the molecule is CCC[CH2][Sn]([CH2]CCC)([CH2]CCC)[CH2]C(CC(=O)OCC)=C(C)C. The first-order chi connectivity index (χ1) is 11.4. The molecule has 0 atom stereocenters. The molecule has 0 saturated carbocycles. The van der Waals surface area contributed by atoms with E-state index in [1.54, 1.807) is 0 Å². The van der Waals surface area contributed by atoms with E-state index in [0.29, 0.717) is 13.0 Å². The number of rotatable bonds is 14. The summed E-state index contributed by atoms with van der Waals surface area (Å²) in [6, 6.07) is 0. The number of unbranched alkanes of at least 4 members (excludes halogenated alkanes) is 3. The van der Waals surface area contributed by atoms with E-state index in [1.807, 2.05) is 6.92 Å². The van der Waals surface area contributed by atoms with Gasteiger partial charge in [-0.25, -0.2) is 0 Å². The monoisotopic (exact) mass is 446 g/mol. The Morgan fingerprint density at radius 1 is 0.833 bits per heavy atom. The molecular formula is C21H42O2Sn. The van der Waals surface area contributed by atoms with Crippen LogP contribution in [0.2, 0.25) is 17.7 Å². The van der Waals surface area contributed by atoms with E-state index < -0.39 is 18.4 Å². The fraction of sp³-hybridized carbons (Fsp3) is 0.857.